The maximum absolute atomic E-state index is 12.9. The number of nitrogens with one attached hydrogen (secondary N) is 1. The lowest BCUT2D eigenvalue weighted by atomic mass is 9.87. The third-order valence-electron chi connectivity index (χ3n) is 4.89. The van der Waals surface area contributed by atoms with Crippen LogP contribution in [0.3, 0.4) is 0 Å². The molecule has 1 aromatic rings. The minimum atomic E-state index is -2.57. The molecule has 1 saturated carbocycles. The molecular formula is C16H26F2IN5S. The summed E-state index contributed by atoms with van der Waals surface area (Å²) in [5, 5.41) is 3.21. The number of hydrogen-bond donors (Lipinski definition) is 1. The number of halogens is 3. The summed E-state index contributed by atoms with van der Waals surface area (Å²) in [4.78, 5) is 10.7. The second kappa shape index (κ2) is 9.38. The van der Waals surface area contributed by atoms with Gasteiger partial charge in [0, 0.05) is 43.0 Å². The third-order valence-corrected chi connectivity index (χ3v) is 6.42. The Hall–Kier alpha value is -0.580. The van der Waals surface area contributed by atoms with E-state index in [9.17, 15) is 8.78 Å². The highest BCUT2D eigenvalue weighted by Crippen LogP contribution is 2.42. The van der Waals surface area contributed by atoms with Crippen molar-refractivity contribution in [2.45, 2.75) is 49.9 Å². The largest absolute Gasteiger partial charge is 0.349 e. The molecule has 0 unspecified atom stereocenters. The maximum atomic E-state index is 12.9. The van der Waals surface area contributed by atoms with Gasteiger partial charge in [0.15, 0.2) is 5.96 Å². The fourth-order valence-electron chi connectivity index (χ4n) is 3.67. The lowest BCUT2D eigenvalue weighted by Crippen LogP contribution is -2.53. The Labute approximate surface area is 169 Å². The summed E-state index contributed by atoms with van der Waals surface area (Å²) in [6.07, 6.45) is 9.18. The minimum absolute atomic E-state index is 0. The Kier molecular flexibility index (Phi) is 7.78. The van der Waals surface area contributed by atoms with Crippen LogP contribution in [0.5, 0.6) is 0 Å². The predicted molar refractivity (Wildman–Crippen MR) is 109 cm³/mol. The lowest BCUT2D eigenvalue weighted by Gasteiger charge is -2.45. The van der Waals surface area contributed by atoms with Crippen molar-refractivity contribution in [2.24, 2.45) is 4.99 Å². The van der Waals surface area contributed by atoms with Gasteiger partial charge in [0.05, 0.1) is 6.54 Å². The van der Waals surface area contributed by atoms with E-state index < -0.39 is 6.55 Å². The highest BCUT2D eigenvalue weighted by atomic mass is 127. The molecule has 0 atom stereocenters. The summed E-state index contributed by atoms with van der Waals surface area (Å²) in [5.41, 5.74) is 0. The Balaban J connectivity index is 0.00000225. The molecule has 1 aliphatic carbocycles. The van der Waals surface area contributed by atoms with Gasteiger partial charge in [-0.1, -0.05) is 19.3 Å². The van der Waals surface area contributed by atoms with Crippen LogP contribution in [0.15, 0.2) is 17.4 Å². The van der Waals surface area contributed by atoms with Crippen LogP contribution in [-0.2, 0) is 6.54 Å². The number of hydrogen-bond acceptors (Lipinski definition) is 3. The number of alkyl halides is 2. The molecule has 1 N–H and O–H groups in total. The molecular weight excluding hydrogens is 459 g/mol. The number of thioether (sulfide) groups is 1. The van der Waals surface area contributed by atoms with Gasteiger partial charge in [0.2, 0.25) is 0 Å². The Bertz CT molecular complexity index is 569. The number of guanidine groups is 1. The van der Waals surface area contributed by atoms with Crippen molar-refractivity contribution >= 4 is 41.7 Å². The first-order valence-corrected chi connectivity index (χ1v) is 9.51. The molecule has 0 radical (unpaired) electrons. The fraction of sp³-hybridized carbons (Fsp3) is 0.750. The average molecular weight is 485 g/mol. The Morgan fingerprint density at radius 2 is 2.16 bits per heavy atom. The summed E-state index contributed by atoms with van der Waals surface area (Å²) < 4.78 is 27.1. The van der Waals surface area contributed by atoms with Crippen molar-refractivity contribution in [3.05, 3.63) is 18.2 Å². The first-order valence-electron chi connectivity index (χ1n) is 8.53. The highest BCUT2D eigenvalue weighted by Gasteiger charge is 2.38. The van der Waals surface area contributed by atoms with Crippen molar-refractivity contribution in [1.82, 2.24) is 19.8 Å². The number of aromatic nitrogens is 2. The monoisotopic (exact) mass is 485 g/mol. The number of imidazole rings is 1. The van der Waals surface area contributed by atoms with E-state index in [-0.39, 0.29) is 30.5 Å². The molecule has 2 fully saturated rings. The minimum Gasteiger partial charge on any atom is -0.349 e. The second-order valence-corrected chi connectivity index (χ2v) is 8.01. The first-order chi connectivity index (χ1) is 11.6. The van der Waals surface area contributed by atoms with Crippen LogP contribution < -0.4 is 5.32 Å². The van der Waals surface area contributed by atoms with Gasteiger partial charge in [-0.2, -0.15) is 20.5 Å². The van der Waals surface area contributed by atoms with E-state index in [0.717, 1.165) is 29.4 Å². The van der Waals surface area contributed by atoms with Crippen molar-refractivity contribution in [3.8, 4) is 0 Å². The Morgan fingerprint density at radius 1 is 1.40 bits per heavy atom. The number of nitrogens with zero attached hydrogens (tertiary/aromatic N) is 4. The van der Waals surface area contributed by atoms with Crippen LogP contribution in [0.25, 0.3) is 0 Å². The van der Waals surface area contributed by atoms with Crippen LogP contribution in [0.4, 0.5) is 8.78 Å². The summed E-state index contributed by atoms with van der Waals surface area (Å²) in [5.74, 6) is 2.20. The molecule has 142 valence electrons. The zero-order valence-corrected chi connectivity index (χ0v) is 17.6. The van der Waals surface area contributed by atoms with Crippen molar-refractivity contribution < 1.29 is 8.78 Å². The molecule has 2 aliphatic rings. The lowest BCUT2D eigenvalue weighted by molar-refractivity contribution is 0.0668. The van der Waals surface area contributed by atoms with E-state index in [0.29, 0.717) is 10.6 Å². The molecule has 1 aromatic heterocycles. The van der Waals surface area contributed by atoms with Crippen molar-refractivity contribution in [1.29, 1.82) is 0 Å². The second-order valence-electron chi connectivity index (χ2n) is 6.44. The normalized spacial score (nSPS) is 20.6. The summed E-state index contributed by atoms with van der Waals surface area (Å²) >= 11 is 2.10. The molecule has 0 amide bonds. The van der Waals surface area contributed by atoms with Crippen LogP contribution in [0.1, 0.15) is 44.5 Å². The molecule has 3 rings (SSSR count). The standard InChI is InChI=1S/C16H25F2N5S.HI/c1-19-15(21-11-13-20-7-8-23(13)14(17)18)22-9-10-24-16(12-22)5-3-2-4-6-16;/h7-8,14H,2-6,9-12H2,1H3,(H,19,21);1H. The number of rotatable bonds is 3. The molecule has 1 aliphatic heterocycles. The Morgan fingerprint density at radius 3 is 2.84 bits per heavy atom. The van der Waals surface area contributed by atoms with Crippen LogP contribution in [0.2, 0.25) is 0 Å². The summed E-state index contributed by atoms with van der Waals surface area (Å²) in [6, 6.07) is 0. The first kappa shape index (κ1) is 20.7. The van der Waals surface area contributed by atoms with E-state index in [1.165, 1.54) is 44.5 Å². The van der Waals surface area contributed by atoms with E-state index in [4.69, 9.17) is 0 Å². The predicted octanol–water partition coefficient (Wildman–Crippen LogP) is 3.72. The zero-order valence-electron chi connectivity index (χ0n) is 14.5. The van der Waals surface area contributed by atoms with E-state index in [1.807, 2.05) is 0 Å². The SMILES string of the molecule is CN=C(NCc1nccn1C(F)F)N1CCSC2(CCCCC2)C1.I. The van der Waals surface area contributed by atoms with Crippen LogP contribution >= 0.6 is 35.7 Å². The molecule has 5 nitrogen and oxygen atoms in total. The molecule has 1 spiro atoms. The van der Waals surface area contributed by atoms with Gasteiger partial charge in [-0.3, -0.25) is 9.56 Å². The summed E-state index contributed by atoms with van der Waals surface area (Å²) in [7, 11) is 1.75. The average Bonchev–Trinajstić information content (AvgIpc) is 3.05. The highest BCUT2D eigenvalue weighted by molar-refractivity contribution is 14.0. The molecule has 9 heteroatoms. The van der Waals surface area contributed by atoms with E-state index in [2.05, 4.69) is 32.0 Å². The van der Waals surface area contributed by atoms with Crippen LogP contribution in [-0.4, -0.2) is 51.0 Å². The fourth-order valence-corrected chi connectivity index (χ4v) is 5.24. The molecule has 1 saturated heterocycles. The van der Waals surface area contributed by atoms with Gasteiger partial charge in [-0.05, 0) is 12.8 Å². The topological polar surface area (TPSA) is 45.5 Å². The van der Waals surface area contributed by atoms with Crippen LogP contribution in [0, 0.1) is 0 Å². The van der Waals surface area contributed by atoms with Gasteiger partial charge in [-0.25, -0.2) is 4.98 Å². The molecule has 0 bridgehead atoms. The van der Waals surface area contributed by atoms with Crippen molar-refractivity contribution in [2.75, 3.05) is 25.9 Å². The summed E-state index contributed by atoms with van der Waals surface area (Å²) in [6.45, 7) is -0.389. The maximum Gasteiger partial charge on any atom is 0.319 e. The number of aliphatic imine (C=N–C) groups is 1. The quantitative estimate of drug-likeness (QED) is 0.403. The van der Waals surface area contributed by atoms with Gasteiger partial charge in [0.1, 0.15) is 5.82 Å². The smallest absolute Gasteiger partial charge is 0.319 e. The molecule has 2 heterocycles. The third kappa shape index (κ3) is 4.99. The van der Waals surface area contributed by atoms with E-state index >= 15 is 0 Å². The zero-order chi connectivity index (χ0) is 17.0. The molecule has 0 aromatic carbocycles. The van der Waals surface area contributed by atoms with Gasteiger partial charge in [-0.15, -0.1) is 24.0 Å². The van der Waals surface area contributed by atoms with Crippen molar-refractivity contribution in [3.63, 3.8) is 0 Å². The van der Waals surface area contributed by atoms with Gasteiger partial charge in [0.25, 0.3) is 0 Å². The van der Waals surface area contributed by atoms with Gasteiger partial charge < -0.3 is 10.2 Å². The molecule has 25 heavy (non-hydrogen) atoms. The van der Waals surface area contributed by atoms with E-state index in [1.54, 1.807) is 7.05 Å². The van der Waals surface area contributed by atoms with Gasteiger partial charge >= 0.3 is 6.55 Å².